The average molecular weight is 403 g/mol. The number of hydrogen-bond donors (Lipinski definition) is 1. The van der Waals surface area contributed by atoms with Crippen LogP contribution in [0.25, 0.3) is 0 Å². The molecule has 0 bridgehead atoms. The van der Waals surface area contributed by atoms with Crippen LogP contribution in [0.15, 0.2) is 54.6 Å². The summed E-state index contributed by atoms with van der Waals surface area (Å²) in [5.41, 5.74) is 3.34. The lowest BCUT2D eigenvalue weighted by atomic mass is 9.86. The molecule has 2 atom stereocenters. The Morgan fingerprint density at radius 3 is 2.32 bits per heavy atom. The molecule has 5 nitrogen and oxygen atoms in total. The zero-order chi connectivity index (χ0) is 20.4. The van der Waals surface area contributed by atoms with E-state index < -0.39 is 15.3 Å². The highest BCUT2D eigenvalue weighted by Gasteiger charge is 2.43. The van der Waals surface area contributed by atoms with E-state index in [4.69, 9.17) is 4.84 Å². The van der Waals surface area contributed by atoms with Gasteiger partial charge in [0.2, 0.25) is 10.0 Å². The number of rotatable bonds is 6. The summed E-state index contributed by atoms with van der Waals surface area (Å²) in [7, 11) is -1.72. The van der Waals surface area contributed by atoms with Crippen molar-refractivity contribution in [3.05, 3.63) is 71.3 Å². The molecular formula is C22H30N2O3S. The van der Waals surface area contributed by atoms with E-state index in [0.29, 0.717) is 13.0 Å². The first-order valence-corrected chi connectivity index (χ1v) is 11.2. The van der Waals surface area contributed by atoms with E-state index in [0.717, 1.165) is 11.1 Å². The van der Waals surface area contributed by atoms with Crippen LogP contribution in [0.3, 0.4) is 0 Å². The minimum Gasteiger partial charge on any atom is -0.297 e. The molecule has 1 aliphatic heterocycles. The van der Waals surface area contributed by atoms with Gasteiger partial charge in [-0.3, -0.25) is 4.84 Å². The summed E-state index contributed by atoms with van der Waals surface area (Å²) < 4.78 is 28.7. The van der Waals surface area contributed by atoms with Gasteiger partial charge in [0.05, 0.1) is 12.6 Å². The van der Waals surface area contributed by atoms with Crippen LogP contribution in [0, 0.1) is 0 Å². The maximum Gasteiger partial charge on any atom is 0.218 e. The predicted molar refractivity (Wildman–Crippen MR) is 112 cm³/mol. The van der Waals surface area contributed by atoms with Crippen molar-refractivity contribution in [2.45, 2.75) is 43.9 Å². The van der Waals surface area contributed by atoms with Gasteiger partial charge in [-0.2, -0.15) is 5.06 Å². The van der Waals surface area contributed by atoms with Gasteiger partial charge < -0.3 is 0 Å². The van der Waals surface area contributed by atoms with Gasteiger partial charge in [-0.25, -0.2) is 13.1 Å². The van der Waals surface area contributed by atoms with Crippen LogP contribution in [0.1, 0.15) is 43.5 Å². The Morgan fingerprint density at radius 1 is 1.07 bits per heavy atom. The summed E-state index contributed by atoms with van der Waals surface area (Å²) >= 11 is 0. The summed E-state index contributed by atoms with van der Waals surface area (Å²) in [4.78, 5) is 5.60. The van der Waals surface area contributed by atoms with Crippen LogP contribution in [0.2, 0.25) is 0 Å². The van der Waals surface area contributed by atoms with Crippen molar-refractivity contribution in [3.63, 3.8) is 0 Å². The molecule has 0 aromatic heterocycles. The number of nitrogens with one attached hydrogen (secondary N) is 1. The molecule has 1 aliphatic rings. The molecular weight excluding hydrogens is 372 g/mol. The molecule has 0 amide bonds. The highest BCUT2D eigenvalue weighted by atomic mass is 32.2. The third kappa shape index (κ3) is 4.81. The molecule has 2 aromatic rings. The lowest BCUT2D eigenvalue weighted by Gasteiger charge is -2.25. The molecule has 1 N–H and O–H groups in total. The summed E-state index contributed by atoms with van der Waals surface area (Å²) in [6.45, 7) is 7.02. The fourth-order valence-electron chi connectivity index (χ4n) is 3.55. The first-order chi connectivity index (χ1) is 13.2. The zero-order valence-electron chi connectivity index (χ0n) is 17.1. The molecule has 1 saturated heterocycles. The van der Waals surface area contributed by atoms with Crippen LogP contribution in [-0.2, 0) is 26.7 Å². The molecule has 0 saturated carbocycles. The summed E-state index contributed by atoms with van der Waals surface area (Å²) in [5, 5.41) is 1.02. The van der Waals surface area contributed by atoms with Crippen molar-refractivity contribution < 1.29 is 13.3 Å². The molecule has 0 radical (unpaired) electrons. The van der Waals surface area contributed by atoms with Gasteiger partial charge >= 0.3 is 0 Å². The SMILES string of the molecule is CN1OC[C@H](S(=O)(=O)NCCc2ccccc2)[C@H]1c1ccc(C(C)(C)C)cc1. The van der Waals surface area contributed by atoms with Gasteiger partial charge in [-0.1, -0.05) is 75.4 Å². The van der Waals surface area contributed by atoms with Crippen LogP contribution < -0.4 is 4.72 Å². The molecule has 152 valence electrons. The molecule has 1 heterocycles. The zero-order valence-corrected chi connectivity index (χ0v) is 17.9. The van der Waals surface area contributed by atoms with E-state index >= 15 is 0 Å². The summed E-state index contributed by atoms with van der Waals surface area (Å²) in [6, 6.07) is 17.7. The van der Waals surface area contributed by atoms with Crippen molar-refractivity contribution in [1.29, 1.82) is 0 Å². The van der Waals surface area contributed by atoms with Gasteiger partial charge in [0.15, 0.2) is 0 Å². The van der Waals surface area contributed by atoms with E-state index in [2.05, 4.69) is 37.6 Å². The van der Waals surface area contributed by atoms with Crippen molar-refractivity contribution in [2.24, 2.45) is 0 Å². The normalized spacial score (nSPS) is 21.1. The molecule has 28 heavy (non-hydrogen) atoms. The fraction of sp³-hybridized carbons (Fsp3) is 0.455. The summed E-state index contributed by atoms with van der Waals surface area (Å²) in [5.74, 6) is 0. The number of sulfonamides is 1. The van der Waals surface area contributed by atoms with Crippen molar-refractivity contribution >= 4 is 10.0 Å². The van der Waals surface area contributed by atoms with Crippen molar-refractivity contribution in [1.82, 2.24) is 9.79 Å². The molecule has 0 aliphatic carbocycles. The molecule has 1 fully saturated rings. The fourth-order valence-corrected chi connectivity index (χ4v) is 5.06. The monoisotopic (exact) mass is 402 g/mol. The van der Waals surface area contributed by atoms with Gasteiger partial charge in [-0.05, 0) is 28.5 Å². The number of hydrogen-bond acceptors (Lipinski definition) is 4. The van der Waals surface area contributed by atoms with Gasteiger partial charge in [-0.15, -0.1) is 0 Å². The van der Waals surface area contributed by atoms with Gasteiger partial charge in [0, 0.05) is 13.6 Å². The Hall–Kier alpha value is -1.73. The first kappa shape index (κ1) is 21.0. The second kappa shape index (κ2) is 8.33. The minimum absolute atomic E-state index is 0.0566. The first-order valence-electron chi connectivity index (χ1n) is 9.67. The number of benzene rings is 2. The Bertz CT molecular complexity index is 874. The van der Waals surface area contributed by atoms with E-state index in [1.54, 1.807) is 12.1 Å². The Labute approximate surface area is 168 Å². The Morgan fingerprint density at radius 2 is 1.71 bits per heavy atom. The second-order valence-electron chi connectivity index (χ2n) is 8.37. The highest BCUT2D eigenvalue weighted by molar-refractivity contribution is 7.90. The number of hydroxylamine groups is 2. The Balaban J connectivity index is 1.72. The lowest BCUT2D eigenvalue weighted by molar-refractivity contribution is -0.110. The lowest BCUT2D eigenvalue weighted by Crippen LogP contribution is -2.40. The van der Waals surface area contributed by atoms with Crippen LogP contribution in [-0.4, -0.2) is 38.9 Å². The Kier molecular flexibility index (Phi) is 6.25. The highest BCUT2D eigenvalue weighted by Crippen LogP contribution is 2.34. The van der Waals surface area contributed by atoms with Crippen molar-refractivity contribution in [2.75, 3.05) is 20.2 Å². The molecule has 6 heteroatoms. The third-order valence-corrected chi connectivity index (χ3v) is 7.06. The number of nitrogens with zero attached hydrogens (tertiary/aromatic N) is 1. The maximum atomic E-state index is 13.0. The quantitative estimate of drug-likeness (QED) is 0.804. The van der Waals surface area contributed by atoms with E-state index in [9.17, 15) is 8.42 Å². The average Bonchev–Trinajstić information content (AvgIpc) is 3.04. The second-order valence-corrected chi connectivity index (χ2v) is 10.4. The van der Waals surface area contributed by atoms with E-state index in [1.165, 1.54) is 5.56 Å². The smallest absolute Gasteiger partial charge is 0.218 e. The maximum absolute atomic E-state index is 13.0. The predicted octanol–water partition coefficient (Wildman–Crippen LogP) is 3.43. The third-order valence-electron chi connectivity index (χ3n) is 5.26. The van der Waals surface area contributed by atoms with Crippen LogP contribution in [0.5, 0.6) is 0 Å². The van der Waals surface area contributed by atoms with Crippen molar-refractivity contribution in [3.8, 4) is 0 Å². The molecule has 2 aromatic carbocycles. The topological polar surface area (TPSA) is 58.6 Å². The molecule has 0 spiro atoms. The van der Waals surface area contributed by atoms with Gasteiger partial charge in [0.25, 0.3) is 0 Å². The minimum atomic E-state index is -3.52. The molecule has 3 rings (SSSR count). The van der Waals surface area contributed by atoms with E-state index in [-0.39, 0.29) is 18.1 Å². The van der Waals surface area contributed by atoms with Crippen LogP contribution >= 0.6 is 0 Å². The standard InChI is InChI=1S/C22H30N2O3S/c1-22(2,3)19-12-10-18(11-13-19)21-20(16-27-24(21)4)28(25,26)23-15-14-17-8-6-5-7-9-17/h5-13,20-21,23H,14-16H2,1-4H3/t20-,21+/m0/s1. The van der Waals surface area contributed by atoms with Crippen LogP contribution in [0.4, 0.5) is 0 Å². The molecule has 0 unspecified atom stereocenters. The summed E-state index contributed by atoms with van der Waals surface area (Å²) in [6.07, 6.45) is 0.661. The van der Waals surface area contributed by atoms with E-state index in [1.807, 2.05) is 42.5 Å². The van der Waals surface area contributed by atoms with Gasteiger partial charge in [0.1, 0.15) is 5.25 Å². The largest absolute Gasteiger partial charge is 0.297 e.